The summed E-state index contributed by atoms with van der Waals surface area (Å²) in [6.07, 6.45) is 4.05. The lowest BCUT2D eigenvalue weighted by Crippen LogP contribution is -2.45. The lowest BCUT2D eigenvalue weighted by atomic mass is 10.0. The molecule has 0 spiro atoms. The summed E-state index contributed by atoms with van der Waals surface area (Å²) in [5.41, 5.74) is 3.44. The molecular formula is C21H24ClFN4. The van der Waals surface area contributed by atoms with Crippen molar-refractivity contribution in [1.82, 2.24) is 20.0 Å². The first-order chi connectivity index (χ1) is 12.8. The fraction of sp³-hybridized carbons (Fsp3) is 0.286. The Kier molecular flexibility index (Phi) is 6.61. The molecule has 3 aromatic rings. The van der Waals surface area contributed by atoms with Crippen molar-refractivity contribution in [1.29, 1.82) is 0 Å². The van der Waals surface area contributed by atoms with E-state index in [9.17, 15) is 4.39 Å². The van der Waals surface area contributed by atoms with E-state index in [1.165, 1.54) is 17.2 Å². The molecule has 1 atom stereocenters. The Morgan fingerprint density at radius 3 is 2.70 bits per heavy atom. The van der Waals surface area contributed by atoms with Crippen LogP contribution in [-0.2, 0) is 13.1 Å². The number of hydrogen-bond acceptors (Lipinski definition) is 3. The van der Waals surface area contributed by atoms with Gasteiger partial charge in [-0.05, 0) is 23.3 Å². The minimum atomic E-state index is -0.177. The zero-order valence-corrected chi connectivity index (χ0v) is 15.9. The van der Waals surface area contributed by atoms with Gasteiger partial charge in [0.2, 0.25) is 0 Å². The molecule has 4 nitrogen and oxygen atoms in total. The van der Waals surface area contributed by atoms with Crippen molar-refractivity contribution in [2.24, 2.45) is 0 Å². The summed E-state index contributed by atoms with van der Waals surface area (Å²) in [4.78, 5) is 2.40. The molecule has 1 N–H and O–H groups in total. The van der Waals surface area contributed by atoms with Gasteiger partial charge in [0.05, 0.1) is 12.7 Å². The van der Waals surface area contributed by atoms with E-state index in [0.29, 0.717) is 0 Å². The normalized spacial score (nSPS) is 17.4. The minimum Gasteiger partial charge on any atom is -0.314 e. The van der Waals surface area contributed by atoms with Crippen molar-refractivity contribution in [3.05, 3.63) is 89.5 Å². The number of rotatable bonds is 5. The lowest BCUT2D eigenvalue weighted by Gasteiger charge is -2.36. The highest BCUT2D eigenvalue weighted by molar-refractivity contribution is 5.85. The first-order valence-corrected chi connectivity index (χ1v) is 9.03. The third kappa shape index (κ3) is 4.95. The number of nitrogens with zero attached hydrogens (tertiary/aromatic N) is 3. The molecule has 6 heteroatoms. The van der Waals surface area contributed by atoms with Crippen LogP contribution in [0.5, 0.6) is 0 Å². The molecular weight excluding hydrogens is 363 g/mol. The van der Waals surface area contributed by atoms with Crippen LogP contribution < -0.4 is 5.32 Å². The van der Waals surface area contributed by atoms with Crippen LogP contribution in [-0.4, -0.2) is 34.3 Å². The summed E-state index contributed by atoms with van der Waals surface area (Å²) in [5, 5.41) is 7.92. The smallest absolute Gasteiger partial charge is 0.123 e. The average molecular weight is 387 g/mol. The van der Waals surface area contributed by atoms with Gasteiger partial charge in [-0.2, -0.15) is 5.10 Å². The number of piperazine rings is 1. The Labute approximate surface area is 165 Å². The summed E-state index contributed by atoms with van der Waals surface area (Å²) < 4.78 is 15.6. The molecule has 0 amide bonds. The second-order valence-electron chi connectivity index (χ2n) is 6.78. The van der Waals surface area contributed by atoms with Gasteiger partial charge in [0.1, 0.15) is 5.82 Å². The zero-order chi connectivity index (χ0) is 17.8. The molecule has 1 aromatic heterocycles. The van der Waals surface area contributed by atoms with Crippen LogP contribution >= 0.6 is 12.4 Å². The first kappa shape index (κ1) is 19.5. The van der Waals surface area contributed by atoms with Gasteiger partial charge >= 0.3 is 0 Å². The Morgan fingerprint density at radius 1 is 1.04 bits per heavy atom. The summed E-state index contributed by atoms with van der Waals surface area (Å²) in [7, 11) is 0. The van der Waals surface area contributed by atoms with Crippen molar-refractivity contribution in [2.45, 2.75) is 19.1 Å². The molecule has 0 bridgehead atoms. The Balaban J connectivity index is 0.00000210. The maximum absolute atomic E-state index is 13.6. The summed E-state index contributed by atoms with van der Waals surface area (Å²) in [6, 6.07) is 17.4. The van der Waals surface area contributed by atoms with Crippen LogP contribution in [0.3, 0.4) is 0 Å². The number of aromatic nitrogens is 2. The van der Waals surface area contributed by atoms with E-state index >= 15 is 0 Å². The molecule has 1 saturated heterocycles. The van der Waals surface area contributed by atoms with Crippen LogP contribution in [0.2, 0.25) is 0 Å². The Hall–Kier alpha value is -2.21. The van der Waals surface area contributed by atoms with Crippen molar-refractivity contribution >= 4 is 12.4 Å². The molecule has 0 aliphatic carbocycles. The summed E-state index contributed by atoms with van der Waals surface area (Å²) >= 11 is 0. The van der Waals surface area contributed by atoms with Gasteiger partial charge in [-0.3, -0.25) is 9.58 Å². The van der Waals surface area contributed by atoms with Crippen molar-refractivity contribution in [3.8, 4) is 0 Å². The number of nitrogens with one attached hydrogen (secondary N) is 1. The van der Waals surface area contributed by atoms with Gasteiger partial charge in [0.25, 0.3) is 0 Å². The predicted molar refractivity (Wildman–Crippen MR) is 107 cm³/mol. The van der Waals surface area contributed by atoms with Crippen molar-refractivity contribution in [2.75, 3.05) is 19.6 Å². The fourth-order valence-electron chi connectivity index (χ4n) is 3.56. The van der Waals surface area contributed by atoms with E-state index in [0.717, 1.165) is 38.3 Å². The highest BCUT2D eigenvalue weighted by Crippen LogP contribution is 2.24. The van der Waals surface area contributed by atoms with Crippen LogP contribution in [0.15, 0.2) is 67.0 Å². The molecule has 0 radical (unpaired) electrons. The molecule has 1 unspecified atom stereocenters. The number of hydrogen-bond donors (Lipinski definition) is 1. The molecule has 1 aliphatic rings. The van der Waals surface area contributed by atoms with Crippen LogP contribution in [0.4, 0.5) is 4.39 Å². The molecule has 4 rings (SSSR count). The third-order valence-electron chi connectivity index (χ3n) is 4.85. The third-order valence-corrected chi connectivity index (χ3v) is 4.85. The van der Waals surface area contributed by atoms with Gasteiger partial charge < -0.3 is 5.32 Å². The standard InChI is InChI=1S/C21H23FN4.ClH/c22-20-8-4-7-19(11-20)21-13-23-9-10-25(21)14-18-12-24-26(16-18)15-17-5-2-1-3-6-17;/h1-8,11-12,16,21,23H,9-10,13-15H2;1H. The van der Waals surface area contributed by atoms with Crippen molar-refractivity contribution < 1.29 is 4.39 Å². The number of halogens is 2. The van der Waals surface area contributed by atoms with Gasteiger partial charge in [-0.1, -0.05) is 42.5 Å². The fourth-order valence-corrected chi connectivity index (χ4v) is 3.56. The number of benzene rings is 2. The summed E-state index contributed by atoms with van der Waals surface area (Å²) in [5.74, 6) is -0.177. The molecule has 2 heterocycles. The molecule has 1 aliphatic heterocycles. The Bertz CT molecular complexity index is 852. The molecule has 27 heavy (non-hydrogen) atoms. The predicted octanol–water partition coefficient (Wildman–Crippen LogP) is 3.64. The molecule has 1 fully saturated rings. The second-order valence-corrected chi connectivity index (χ2v) is 6.78. The van der Waals surface area contributed by atoms with Crippen LogP contribution in [0.25, 0.3) is 0 Å². The van der Waals surface area contributed by atoms with Crippen molar-refractivity contribution in [3.63, 3.8) is 0 Å². The van der Waals surface area contributed by atoms with E-state index in [-0.39, 0.29) is 24.3 Å². The topological polar surface area (TPSA) is 33.1 Å². The van der Waals surface area contributed by atoms with E-state index in [2.05, 4.69) is 33.6 Å². The van der Waals surface area contributed by atoms with Gasteiger partial charge in [-0.15, -0.1) is 12.4 Å². The zero-order valence-electron chi connectivity index (χ0n) is 15.1. The Morgan fingerprint density at radius 2 is 1.89 bits per heavy atom. The summed E-state index contributed by atoms with van der Waals surface area (Å²) in [6.45, 7) is 4.31. The van der Waals surface area contributed by atoms with Gasteiger partial charge in [-0.25, -0.2) is 4.39 Å². The van der Waals surface area contributed by atoms with Gasteiger partial charge in [0, 0.05) is 44.0 Å². The SMILES string of the molecule is Cl.Fc1cccc(C2CNCCN2Cc2cnn(Cc3ccccc3)c2)c1. The molecule has 142 valence electrons. The van der Waals surface area contributed by atoms with Crippen LogP contribution in [0.1, 0.15) is 22.7 Å². The average Bonchev–Trinajstić information content (AvgIpc) is 3.10. The first-order valence-electron chi connectivity index (χ1n) is 9.03. The molecule has 2 aromatic carbocycles. The van der Waals surface area contributed by atoms with E-state index in [1.54, 1.807) is 12.1 Å². The van der Waals surface area contributed by atoms with E-state index in [1.807, 2.05) is 35.1 Å². The maximum Gasteiger partial charge on any atom is 0.123 e. The van der Waals surface area contributed by atoms with E-state index in [4.69, 9.17) is 0 Å². The van der Waals surface area contributed by atoms with E-state index < -0.39 is 0 Å². The minimum absolute atomic E-state index is 0. The highest BCUT2D eigenvalue weighted by atomic mass is 35.5. The highest BCUT2D eigenvalue weighted by Gasteiger charge is 2.24. The van der Waals surface area contributed by atoms with Gasteiger partial charge in [0.15, 0.2) is 0 Å². The van der Waals surface area contributed by atoms with Crippen LogP contribution in [0, 0.1) is 5.82 Å². The quantitative estimate of drug-likeness (QED) is 0.726. The lowest BCUT2D eigenvalue weighted by molar-refractivity contribution is 0.153. The maximum atomic E-state index is 13.6. The molecule has 0 saturated carbocycles. The second kappa shape index (κ2) is 9.13. The monoisotopic (exact) mass is 386 g/mol. The largest absolute Gasteiger partial charge is 0.314 e.